The molecular weight excluding hydrogens is 444 g/mol. The smallest absolute Gasteiger partial charge is 0.233 e. The summed E-state index contributed by atoms with van der Waals surface area (Å²) in [6, 6.07) is 15.3. The van der Waals surface area contributed by atoms with Crippen molar-refractivity contribution in [3.05, 3.63) is 53.5 Å². The molecule has 10 heteroatoms. The standard InChI is InChI=1S/C22H24N6O2S2/c1-4-30-16-11-9-15(10-12-16)20-25-26-22(28(20)23)31-13-19(29)27(3)14(2)21-24-17-7-5-6-8-18(17)32-21/h5-12,14H,4,13,23H2,1-3H3. The first-order valence-corrected chi connectivity index (χ1v) is 12.0. The highest BCUT2D eigenvalue weighted by Gasteiger charge is 2.22. The Bertz CT molecular complexity index is 1190. The second-order valence-electron chi connectivity index (χ2n) is 7.12. The van der Waals surface area contributed by atoms with Crippen LogP contribution in [0.2, 0.25) is 0 Å². The van der Waals surface area contributed by atoms with E-state index in [0.717, 1.165) is 26.5 Å². The fourth-order valence-electron chi connectivity index (χ4n) is 3.12. The number of ether oxygens (including phenoxy) is 1. The van der Waals surface area contributed by atoms with Crippen LogP contribution in [0.1, 0.15) is 24.9 Å². The van der Waals surface area contributed by atoms with Gasteiger partial charge in [-0.1, -0.05) is 23.9 Å². The van der Waals surface area contributed by atoms with Crippen LogP contribution in [0.4, 0.5) is 0 Å². The zero-order valence-electron chi connectivity index (χ0n) is 18.1. The van der Waals surface area contributed by atoms with Crippen LogP contribution < -0.4 is 10.6 Å². The van der Waals surface area contributed by atoms with Crippen molar-refractivity contribution in [2.24, 2.45) is 0 Å². The number of carbonyl (C=O) groups excluding carboxylic acids is 1. The van der Waals surface area contributed by atoms with Crippen molar-refractivity contribution in [1.82, 2.24) is 24.8 Å². The van der Waals surface area contributed by atoms with E-state index >= 15 is 0 Å². The minimum atomic E-state index is -0.129. The summed E-state index contributed by atoms with van der Waals surface area (Å²) in [6.45, 7) is 4.52. The van der Waals surface area contributed by atoms with E-state index in [1.807, 2.05) is 62.4 Å². The van der Waals surface area contributed by atoms with Gasteiger partial charge >= 0.3 is 0 Å². The quantitative estimate of drug-likeness (QED) is 0.308. The van der Waals surface area contributed by atoms with E-state index in [4.69, 9.17) is 10.6 Å². The number of para-hydroxylation sites is 1. The minimum Gasteiger partial charge on any atom is -0.494 e. The van der Waals surface area contributed by atoms with Crippen molar-refractivity contribution in [2.75, 3.05) is 25.3 Å². The van der Waals surface area contributed by atoms with Gasteiger partial charge in [0.25, 0.3) is 0 Å². The molecule has 0 fully saturated rings. The normalized spacial score (nSPS) is 12.1. The third-order valence-corrected chi connectivity index (χ3v) is 7.19. The molecule has 4 aromatic rings. The zero-order valence-corrected chi connectivity index (χ0v) is 19.7. The molecule has 2 aromatic heterocycles. The predicted octanol–water partition coefficient (Wildman–Crippen LogP) is 3.98. The number of rotatable bonds is 8. The van der Waals surface area contributed by atoms with Gasteiger partial charge in [-0.25, -0.2) is 9.66 Å². The van der Waals surface area contributed by atoms with Crippen LogP contribution in [0.15, 0.2) is 53.7 Å². The summed E-state index contributed by atoms with van der Waals surface area (Å²) in [5, 5.41) is 9.72. The van der Waals surface area contributed by atoms with Crippen LogP contribution in [0.25, 0.3) is 21.6 Å². The van der Waals surface area contributed by atoms with E-state index in [1.54, 1.807) is 23.3 Å². The van der Waals surface area contributed by atoms with Crippen molar-refractivity contribution in [3.8, 4) is 17.1 Å². The largest absolute Gasteiger partial charge is 0.494 e. The molecule has 0 aliphatic rings. The van der Waals surface area contributed by atoms with Gasteiger partial charge in [0, 0.05) is 12.6 Å². The molecule has 1 unspecified atom stereocenters. The lowest BCUT2D eigenvalue weighted by molar-refractivity contribution is -0.128. The Balaban J connectivity index is 1.40. The topological polar surface area (TPSA) is 99.2 Å². The molecule has 1 atom stereocenters. The van der Waals surface area contributed by atoms with Crippen molar-refractivity contribution in [3.63, 3.8) is 0 Å². The van der Waals surface area contributed by atoms with Gasteiger partial charge in [0.05, 0.1) is 28.6 Å². The van der Waals surface area contributed by atoms with E-state index in [9.17, 15) is 4.79 Å². The minimum absolute atomic E-state index is 0.0348. The summed E-state index contributed by atoms with van der Waals surface area (Å²) in [5.74, 6) is 7.67. The number of thiazole rings is 1. The van der Waals surface area contributed by atoms with Crippen LogP contribution in [-0.4, -0.2) is 50.1 Å². The van der Waals surface area contributed by atoms with E-state index in [2.05, 4.69) is 15.2 Å². The number of thioether (sulfide) groups is 1. The Morgan fingerprint density at radius 1 is 1.22 bits per heavy atom. The summed E-state index contributed by atoms with van der Waals surface area (Å²) in [4.78, 5) is 19.2. The SMILES string of the molecule is CCOc1ccc(-c2nnc(SCC(=O)N(C)C(C)c3nc4ccccc4s3)n2N)cc1. The fraction of sp³-hybridized carbons (Fsp3) is 0.273. The number of nitrogen functional groups attached to an aromatic ring is 1. The Morgan fingerprint density at radius 3 is 2.69 bits per heavy atom. The molecule has 166 valence electrons. The predicted molar refractivity (Wildman–Crippen MR) is 128 cm³/mol. The van der Waals surface area contributed by atoms with Gasteiger partial charge in [0.2, 0.25) is 11.1 Å². The first-order valence-electron chi connectivity index (χ1n) is 10.2. The molecule has 0 saturated carbocycles. The Labute approximate surface area is 194 Å². The molecule has 2 heterocycles. The average Bonchev–Trinajstić information content (AvgIpc) is 3.40. The molecule has 0 aliphatic heterocycles. The molecule has 0 spiro atoms. The lowest BCUT2D eigenvalue weighted by atomic mass is 10.2. The number of hydrogen-bond donors (Lipinski definition) is 1. The number of amides is 1. The molecule has 0 saturated heterocycles. The van der Waals surface area contributed by atoms with E-state index in [1.165, 1.54) is 16.4 Å². The second-order valence-corrected chi connectivity index (χ2v) is 9.13. The van der Waals surface area contributed by atoms with Gasteiger partial charge in [0.15, 0.2) is 5.82 Å². The van der Waals surface area contributed by atoms with Gasteiger partial charge in [-0.3, -0.25) is 4.79 Å². The maximum absolute atomic E-state index is 12.8. The molecule has 1 amide bonds. The zero-order chi connectivity index (χ0) is 22.7. The van der Waals surface area contributed by atoms with Crippen LogP contribution in [0.5, 0.6) is 5.75 Å². The number of fused-ring (bicyclic) bond motifs is 1. The first-order chi connectivity index (χ1) is 15.5. The maximum atomic E-state index is 12.8. The highest BCUT2D eigenvalue weighted by atomic mass is 32.2. The lowest BCUT2D eigenvalue weighted by Crippen LogP contribution is -2.31. The van der Waals surface area contributed by atoms with E-state index < -0.39 is 0 Å². The maximum Gasteiger partial charge on any atom is 0.233 e. The van der Waals surface area contributed by atoms with Gasteiger partial charge in [-0.2, -0.15) is 0 Å². The Kier molecular flexibility index (Phi) is 6.61. The summed E-state index contributed by atoms with van der Waals surface area (Å²) in [7, 11) is 1.79. The third kappa shape index (κ3) is 4.56. The molecular formula is C22H24N6O2S2. The summed E-state index contributed by atoms with van der Waals surface area (Å²) < 4.78 is 7.98. The molecule has 32 heavy (non-hydrogen) atoms. The van der Waals surface area contributed by atoms with Gasteiger partial charge in [-0.05, 0) is 50.2 Å². The number of nitrogens with zero attached hydrogens (tertiary/aromatic N) is 5. The van der Waals surface area contributed by atoms with E-state index in [0.29, 0.717) is 17.6 Å². The second kappa shape index (κ2) is 9.58. The molecule has 0 radical (unpaired) electrons. The number of carbonyl (C=O) groups is 1. The molecule has 0 bridgehead atoms. The van der Waals surface area contributed by atoms with Crippen LogP contribution in [-0.2, 0) is 4.79 Å². The summed E-state index contributed by atoms with van der Waals surface area (Å²) >= 11 is 2.87. The Hall–Kier alpha value is -3.11. The van der Waals surface area contributed by atoms with Crippen molar-refractivity contribution < 1.29 is 9.53 Å². The number of aromatic nitrogens is 4. The molecule has 2 N–H and O–H groups in total. The number of hydrogen-bond acceptors (Lipinski definition) is 8. The molecule has 0 aliphatic carbocycles. The third-order valence-electron chi connectivity index (χ3n) is 5.05. The first kappa shape index (κ1) is 22.1. The highest BCUT2D eigenvalue weighted by molar-refractivity contribution is 7.99. The van der Waals surface area contributed by atoms with E-state index in [-0.39, 0.29) is 17.7 Å². The van der Waals surface area contributed by atoms with Crippen LogP contribution in [0, 0.1) is 0 Å². The molecule has 8 nitrogen and oxygen atoms in total. The average molecular weight is 469 g/mol. The van der Waals surface area contributed by atoms with Crippen LogP contribution >= 0.6 is 23.1 Å². The Morgan fingerprint density at radius 2 is 1.97 bits per heavy atom. The van der Waals surface area contributed by atoms with Crippen molar-refractivity contribution in [1.29, 1.82) is 0 Å². The van der Waals surface area contributed by atoms with Gasteiger partial charge in [-0.15, -0.1) is 21.5 Å². The van der Waals surface area contributed by atoms with Crippen LogP contribution in [0.3, 0.4) is 0 Å². The fourth-order valence-corrected chi connectivity index (χ4v) is 4.96. The van der Waals surface area contributed by atoms with Gasteiger partial charge < -0.3 is 15.5 Å². The van der Waals surface area contributed by atoms with Gasteiger partial charge in [0.1, 0.15) is 10.8 Å². The number of nitrogens with two attached hydrogens (primary N) is 1. The molecule has 4 rings (SSSR count). The monoisotopic (exact) mass is 468 g/mol. The van der Waals surface area contributed by atoms with Crippen molar-refractivity contribution in [2.45, 2.75) is 25.0 Å². The highest BCUT2D eigenvalue weighted by Crippen LogP contribution is 2.30. The summed E-state index contributed by atoms with van der Waals surface area (Å²) in [5.41, 5.74) is 1.77. The lowest BCUT2D eigenvalue weighted by Gasteiger charge is -2.23. The molecule has 2 aromatic carbocycles. The summed E-state index contributed by atoms with van der Waals surface area (Å²) in [6.07, 6.45) is 0. The number of benzene rings is 2. The van der Waals surface area contributed by atoms with Crippen molar-refractivity contribution >= 4 is 39.2 Å².